The molecule has 0 aromatic carbocycles. The number of hydrogen-bond donors (Lipinski definition) is 1. The molecule has 4 nitrogen and oxygen atoms in total. The molecule has 0 saturated heterocycles. The zero-order chi connectivity index (χ0) is 10.2. The molecule has 2 rings (SSSR count). The van der Waals surface area contributed by atoms with Crippen LogP contribution in [0.2, 0.25) is 0 Å². The fourth-order valence-corrected chi connectivity index (χ4v) is 2.61. The molecule has 4 heteroatoms. The smallest absolute Gasteiger partial charge is 0.346 e. The van der Waals surface area contributed by atoms with E-state index in [4.69, 9.17) is 5.73 Å². The van der Waals surface area contributed by atoms with Gasteiger partial charge in [-0.1, -0.05) is 19.8 Å². The van der Waals surface area contributed by atoms with Crippen molar-refractivity contribution in [2.45, 2.75) is 44.6 Å². The van der Waals surface area contributed by atoms with Crippen molar-refractivity contribution in [2.24, 2.45) is 10.7 Å². The van der Waals surface area contributed by atoms with Crippen molar-refractivity contribution in [3.63, 3.8) is 0 Å². The van der Waals surface area contributed by atoms with Gasteiger partial charge in [-0.05, 0) is 19.3 Å². The quantitative estimate of drug-likeness (QED) is 0.726. The van der Waals surface area contributed by atoms with Gasteiger partial charge in [0.2, 0.25) is 0 Å². The van der Waals surface area contributed by atoms with Gasteiger partial charge in [-0.15, -0.1) is 0 Å². The molecule has 1 saturated carbocycles. The standard InChI is InChI=1S/C10H17N3O/c1-2-7-13-9(14)12-8(11)10(13)5-3-4-6-10/h2-7H2,1H3,(H2,11,12,14). The van der Waals surface area contributed by atoms with Gasteiger partial charge in [0, 0.05) is 6.54 Å². The molecule has 2 aliphatic rings. The molecule has 78 valence electrons. The number of carbonyl (C=O) groups excluding carboxylic acids is 1. The van der Waals surface area contributed by atoms with Crippen molar-refractivity contribution in [3.8, 4) is 0 Å². The van der Waals surface area contributed by atoms with Gasteiger partial charge in [0.05, 0.1) is 0 Å². The van der Waals surface area contributed by atoms with Gasteiger partial charge in [-0.3, -0.25) is 0 Å². The zero-order valence-corrected chi connectivity index (χ0v) is 8.62. The summed E-state index contributed by atoms with van der Waals surface area (Å²) < 4.78 is 0. The topological polar surface area (TPSA) is 58.7 Å². The van der Waals surface area contributed by atoms with E-state index in [0.717, 1.165) is 38.6 Å². The van der Waals surface area contributed by atoms with Crippen LogP contribution in [0.5, 0.6) is 0 Å². The molecular weight excluding hydrogens is 178 g/mol. The van der Waals surface area contributed by atoms with Gasteiger partial charge in [0.15, 0.2) is 0 Å². The van der Waals surface area contributed by atoms with Crippen molar-refractivity contribution < 1.29 is 4.79 Å². The number of amides is 2. The van der Waals surface area contributed by atoms with Crippen LogP contribution in [0, 0.1) is 0 Å². The maximum Gasteiger partial charge on any atom is 0.346 e. The first-order valence-electron chi connectivity index (χ1n) is 5.37. The van der Waals surface area contributed by atoms with Crippen LogP contribution in [0.15, 0.2) is 4.99 Å². The fraction of sp³-hybridized carbons (Fsp3) is 0.800. The SMILES string of the molecule is CCCN1C(=O)N=C(N)C12CCCC2. The third-order valence-corrected chi connectivity index (χ3v) is 3.32. The first-order valence-corrected chi connectivity index (χ1v) is 5.37. The summed E-state index contributed by atoms with van der Waals surface area (Å²) in [5.74, 6) is 0.549. The molecule has 1 heterocycles. The van der Waals surface area contributed by atoms with E-state index in [-0.39, 0.29) is 11.6 Å². The number of carbonyl (C=O) groups is 1. The number of nitrogens with two attached hydrogens (primary N) is 1. The summed E-state index contributed by atoms with van der Waals surface area (Å²) in [6, 6.07) is -0.133. The Balaban J connectivity index is 2.27. The van der Waals surface area contributed by atoms with Crippen molar-refractivity contribution in [2.75, 3.05) is 6.54 Å². The van der Waals surface area contributed by atoms with E-state index in [1.807, 2.05) is 4.90 Å². The molecule has 0 atom stereocenters. The first kappa shape index (κ1) is 9.49. The third kappa shape index (κ3) is 1.13. The highest BCUT2D eigenvalue weighted by Crippen LogP contribution is 2.39. The lowest BCUT2D eigenvalue weighted by Crippen LogP contribution is -2.52. The summed E-state index contributed by atoms with van der Waals surface area (Å²) in [7, 11) is 0. The minimum absolute atomic E-state index is 0.133. The Bertz CT molecular complexity index is 279. The van der Waals surface area contributed by atoms with E-state index in [9.17, 15) is 4.79 Å². The highest BCUT2D eigenvalue weighted by molar-refractivity contribution is 6.05. The second-order valence-electron chi connectivity index (χ2n) is 4.17. The van der Waals surface area contributed by atoms with E-state index in [1.54, 1.807) is 0 Å². The van der Waals surface area contributed by atoms with Gasteiger partial charge >= 0.3 is 6.03 Å². The van der Waals surface area contributed by atoms with E-state index >= 15 is 0 Å². The summed E-state index contributed by atoms with van der Waals surface area (Å²) in [6.07, 6.45) is 5.27. The second kappa shape index (κ2) is 3.26. The van der Waals surface area contributed by atoms with Gasteiger partial charge in [0.1, 0.15) is 11.4 Å². The molecule has 0 unspecified atom stereocenters. The van der Waals surface area contributed by atoms with Crippen molar-refractivity contribution in [1.82, 2.24) is 4.90 Å². The maximum absolute atomic E-state index is 11.6. The van der Waals surface area contributed by atoms with E-state index < -0.39 is 0 Å². The number of nitrogens with zero attached hydrogens (tertiary/aromatic N) is 2. The van der Waals surface area contributed by atoms with Crippen LogP contribution in [0.4, 0.5) is 4.79 Å². The lowest BCUT2D eigenvalue weighted by molar-refractivity contribution is 0.173. The minimum atomic E-state index is -0.201. The monoisotopic (exact) mass is 195 g/mol. The molecule has 1 fully saturated rings. The predicted molar refractivity (Wildman–Crippen MR) is 55.2 cm³/mol. The average Bonchev–Trinajstić information content (AvgIpc) is 2.70. The molecule has 2 N–H and O–H groups in total. The summed E-state index contributed by atoms with van der Waals surface area (Å²) in [4.78, 5) is 17.4. The summed E-state index contributed by atoms with van der Waals surface area (Å²) in [5.41, 5.74) is 5.67. The minimum Gasteiger partial charge on any atom is -0.385 e. The number of urea groups is 1. The molecule has 1 aliphatic carbocycles. The Kier molecular flexibility index (Phi) is 2.21. The average molecular weight is 195 g/mol. The van der Waals surface area contributed by atoms with Crippen LogP contribution in [-0.2, 0) is 0 Å². The summed E-state index contributed by atoms with van der Waals surface area (Å²) in [6.45, 7) is 2.85. The van der Waals surface area contributed by atoms with Crippen LogP contribution >= 0.6 is 0 Å². The molecule has 0 radical (unpaired) electrons. The predicted octanol–water partition coefficient (Wildman–Crippen LogP) is 1.50. The molecule has 0 aromatic rings. The van der Waals surface area contributed by atoms with Crippen LogP contribution < -0.4 is 5.73 Å². The van der Waals surface area contributed by atoms with Crippen LogP contribution in [-0.4, -0.2) is 28.9 Å². The lowest BCUT2D eigenvalue weighted by Gasteiger charge is -2.34. The van der Waals surface area contributed by atoms with Gasteiger partial charge < -0.3 is 10.6 Å². The Labute approximate surface area is 84.2 Å². The molecule has 1 spiro atoms. The Morgan fingerprint density at radius 3 is 2.71 bits per heavy atom. The second-order valence-corrected chi connectivity index (χ2v) is 4.17. The van der Waals surface area contributed by atoms with Gasteiger partial charge in [0.25, 0.3) is 0 Å². The first-order chi connectivity index (χ1) is 6.70. The summed E-state index contributed by atoms with van der Waals surface area (Å²) >= 11 is 0. The highest BCUT2D eigenvalue weighted by atomic mass is 16.2. The van der Waals surface area contributed by atoms with E-state index in [1.165, 1.54) is 0 Å². The fourth-order valence-electron chi connectivity index (χ4n) is 2.61. The van der Waals surface area contributed by atoms with Crippen molar-refractivity contribution in [3.05, 3.63) is 0 Å². The number of amidine groups is 1. The van der Waals surface area contributed by atoms with E-state index in [0.29, 0.717) is 5.84 Å². The lowest BCUT2D eigenvalue weighted by atomic mass is 9.95. The molecule has 14 heavy (non-hydrogen) atoms. The molecule has 1 aliphatic heterocycles. The van der Waals surface area contributed by atoms with Gasteiger partial charge in [-0.2, -0.15) is 4.99 Å². The maximum atomic E-state index is 11.6. The third-order valence-electron chi connectivity index (χ3n) is 3.32. The molecule has 0 bridgehead atoms. The molecule has 0 aromatic heterocycles. The van der Waals surface area contributed by atoms with Crippen LogP contribution in [0.3, 0.4) is 0 Å². The number of aliphatic imine (C=N–C) groups is 1. The van der Waals surface area contributed by atoms with Crippen molar-refractivity contribution in [1.29, 1.82) is 0 Å². The van der Waals surface area contributed by atoms with Crippen LogP contribution in [0.25, 0.3) is 0 Å². The highest BCUT2D eigenvalue weighted by Gasteiger charge is 2.49. The van der Waals surface area contributed by atoms with Gasteiger partial charge in [-0.25, -0.2) is 4.79 Å². The Hall–Kier alpha value is -1.06. The van der Waals surface area contributed by atoms with E-state index in [2.05, 4.69) is 11.9 Å². The normalized spacial score (nSPS) is 24.8. The number of hydrogen-bond acceptors (Lipinski definition) is 2. The van der Waals surface area contributed by atoms with Crippen LogP contribution in [0.1, 0.15) is 39.0 Å². The molecule has 2 amide bonds. The largest absolute Gasteiger partial charge is 0.385 e. The van der Waals surface area contributed by atoms with Crippen molar-refractivity contribution >= 4 is 11.9 Å². The summed E-state index contributed by atoms with van der Waals surface area (Å²) in [5, 5.41) is 0. The molecular formula is C10H17N3O. The number of rotatable bonds is 2. The Morgan fingerprint density at radius 2 is 2.14 bits per heavy atom. The Morgan fingerprint density at radius 1 is 1.50 bits per heavy atom. The zero-order valence-electron chi connectivity index (χ0n) is 8.62.